The molecule has 0 atom stereocenters. The Morgan fingerprint density at radius 2 is 2.00 bits per heavy atom. The van der Waals surface area contributed by atoms with Crippen molar-refractivity contribution in [2.75, 3.05) is 23.9 Å². The van der Waals surface area contributed by atoms with Gasteiger partial charge in [0.1, 0.15) is 5.82 Å². The minimum atomic E-state index is 0.303. The van der Waals surface area contributed by atoms with Crippen molar-refractivity contribution in [1.82, 2.24) is 4.98 Å². The van der Waals surface area contributed by atoms with Crippen LogP contribution in [-0.2, 0) is 0 Å². The first-order valence-corrected chi connectivity index (χ1v) is 7.31. The Hall–Kier alpha value is -0.900. The molecule has 0 fully saturated rings. The van der Waals surface area contributed by atoms with Crippen LogP contribution in [0.4, 0.5) is 11.5 Å². The summed E-state index contributed by atoms with van der Waals surface area (Å²) in [7, 11) is 0. The molecule has 0 aromatic carbocycles. The van der Waals surface area contributed by atoms with E-state index in [-0.39, 0.29) is 0 Å². The molecule has 0 bridgehead atoms. The van der Waals surface area contributed by atoms with Gasteiger partial charge in [0.2, 0.25) is 0 Å². The summed E-state index contributed by atoms with van der Waals surface area (Å²) < 4.78 is 0.303. The molecule has 0 saturated heterocycles. The molecule has 17 heavy (non-hydrogen) atoms. The van der Waals surface area contributed by atoms with Gasteiger partial charge < -0.3 is 11.1 Å². The molecular formula is C13H23N3S. The molecule has 0 unspecified atom stereocenters. The third kappa shape index (κ3) is 3.53. The maximum atomic E-state index is 5.75. The summed E-state index contributed by atoms with van der Waals surface area (Å²) in [5.74, 6) is 0.914. The first-order valence-electron chi connectivity index (χ1n) is 6.09. The van der Waals surface area contributed by atoms with E-state index in [0.717, 1.165) is 36.6 Å². The number of nitrogens with one attached hydrogen (secondary N) is 1. The molecule has 3 nitrogen and oxygen atoms in total. The highest BCUT2D eigenvalue weighted by Crippen LogP contribution is 2.30. The van der Waals surface area contributed by atoms with Crippen molar-refractivity contribution in [3.63, 3.8) is 0 Å². The molecule has 1 aromatic rings. The fraction of sp³-hybridized carbons (Fsp3) is 0.615. The summed E-state index contributed by atoms with van der Waals surface area (Å²) >= 11 is 1.93. The second-order valence-electron chi connectivity index (χ2n) is 4.32. The van der Waals surface area contributed by atoms with Gasteiger partial charge in [0.15, 0.2) is 0 Å². The zero-order valence-corrected chi connectivity index (χ0v) is 12.0. The van der Waals surface area contributed by atoms with Crippen LogP contribution in [0.25, 0.3) is 0 Å². The van der Waals surface area contributed by atoms with Crippen LogP contribution in [0.5, 0.6) is 0 Å². The third-order valence-electron chi connectivity index (χ3n) is 3.44. The van der Waals surface area contributed by atoms with Gasteiger partial charge in [-0.25, -0.2) is 4.98 Å². The number of anilines is 2. The van der Waals surface area contributed by atoms with Gasteiger partial charge in [-0.2, -0.15) is 11.8 Å². The van der Waals surface area contributed by atoms with Crippen LogP contribution < -0.4 is 11.1 Å². The van der Waals surface area contributed by atoms with E-state index in [9.17, 15) is 0 Å². The smallest absolute Gasteiger partial charge is 0.126 e. The highest BCUT2D eigenvalue weighted by molar-refractivity contribution is 8.00. The Morgan fingerprint density at radius 1 is 1.35 bits per heavy atom. The van der Waals surface area contributed by atoms with Crippen molar-refractivity contribution in [2.45, 2.75) is 38.4 Å². The Kier molecular flexibility index (Phi) is 5.12. The Bertz CT molecular complexity index is 353. The number of hydrogen-bond donors (Lipinski definition) is 2. The van der Waals surface area contributed by atoms with E-state index in [4.69, 9.17) is 5.73 Å². The van der Waals surface area contributed by atoms with Crippen LogP contribution in [0, 0.1) is 6.92 Å². The van der Waals surface area contributed by atoms with Crippen LogP contribution in [0.15, 0.2) is 12.1 Å². The molecule has 1 rings (SSSR count). The number of hydrogen-bond acceptors (Lipinski definition) is 4. The van der Waals surface area contributed by atoms with E-state index in [2.05, 4.69) is 30.4 Å². The maximum Gasteiger partial charge on any atom is 0.126 e. The van der Waals surface area contributed by atoms with Crippen LogP contribution in [-0.4, -0.2) is 22.5 Å². The fourth-order valence-corrected chi connectivity index (χ4v) is 2.58. The Labute approximate surface area is 109 Å². The molecule has 0 aliphatic rings. The van der Waals surface area contributed by atoms with Crippen LogP contribution in [0.2, 0.25) is 0 Å². The lowest BCUT2D eigenvalue weighted by Crippen LogP contribution is -2.32. The molecule has 0 saturated carbocycles. The minimum Gasteiger partial charge on any atom is -0.397 e. The van der Waals surface area contributed by atoms with Gasteiger partial charge in [0.25, 0.3) is 0 Å². The van der Waals surface area contributed by atoms with E-state index in [1.807, 2.05) is 30.8 Å². The van der Waals surface area contributed by atoms with E-state index >= 15 is 0 Å². The molecule has 4 heteroatoms. The lowest BCUT2D eigenvalue weighted by atomic mass is 10.0. The lowest BCUT2D eigenvalue weighted by molar-refractivity contribution is 0.574. The fourth-order valence-electron chi connectivity index (χ4n) is 1.78. The van der Waals surface area contributed by atoms with Crippen LogP contribution in [0.1, 0.15) is 32.4 Å². The first-order chi connectivity index (χ1) is 8.06. The summed E-state index contributed by atoms with van der Waals surface area (Å²) in [6.07, 6.45) is 4.49. The van der Waals surface area contributed by atoms with Crippen molar-refractivity contribution < 1.29 is 0 Å². The Morgan fingerprint density at radius 3 is 2.47 bits per heavy atom. The van der Waals surface area contributed by atoms with Crippen LogP contribution >= 0.6 is 11.8 Å². The highest BCUT2D eigenvalue weighted by Gasteiger charge is 2.24. The van der Waals surface area contributed by atoms with Crippen molar-refractivity contribution in [3.8, 4) is 0 Å². The maximum absolute atomic E-state index is 5.75. The van der Waals surface area contributed by atoms with E-state index in [0.29, 0.717) is 4.75 Å². The first kappa shape index (κ1) is 14.2. The number of pyridine rings is 1. The zero-order valence-electron chi connectivity index (χ0n) is 11.2. The summed E-state index contributed by atoms with van der Waals surface area (Å²) in [6.45, 7) is 7.35. The molecule has 0 aliphatic carbocycles. The van der Waals surface area contributed by atoms with Gasteiger partial charge >= 0.3 is 0 Å². The molecule has 0 aliphatic heterocycles. The number of thioether (sulfide) groups is 1. The summed E-state index contributed by atoms with van der Waals surface area (Å²) in [5.41, 5.74) is 7.39. The monoisotopic (exact) mass is 253 g/mol. The minimum absolute atomic E-state index is 0.303. The van der Waals surface area contributed by atoms with Gasteiger partial charge in [0.05, 0.1) is 11.4 Å². The van der Waals surface area contributed by atoms with Crippen molar-refractivity contribution in [1.29, 1.82) is 0 Å². The summed E-state index contributed by atoms with van der Waals surface area (Å²) in [6, 6.07) is 3.85. The third-order valence-corrected chi connectivity index (χ3v) is 5.03. The number of rotatable bonds is 6. The second-order valence-corrected chi connectivity index (χ2v) is 5.59. The molecular weight excluding hydrogens is 230 g/mol. The van der Waals surface area contributed by atoms with Gasteiger partial charge in [-0.15, -0.1) is 0 Å². The Balaban J connectivity index is 2.68. The van der Waals surface area contributed by atoms with Crippen molar-refractivity contribution >= 4 is 23.3 Å². The average Bonchev–Trinajstić information content (AvgIpc) is 2.36. The standard InChI is InChI=1S/C13H23N3S/c1-5-13(6-2,17-4)9-15-12-8-7-11(14)10(3)16-12/h7-8H,5-6,9,14H2,1-4H3,(H,15,16). The van der Waals surface area contributed by atoms with Gasteiger partial charge in [-0.3, -0.25) is 0 Å². The number of nitrogens with zero attached hydrogens (tertiary/aromatic N) is 1. The van der Waals surface area contributed by atoms with Gasteiger partial charge in [-0.05, 0) is 38.2 Å². The SMILES string of the molecule is CCC(CC)(CNc1ccc(N)c(C)n1)SC. The molecule has 3 N–H and O–H groups in total. The van der Waals surface area contributed by atoms with Crippen LogP contribution in [0.3, 0.4) is 0 Å². The lowest BCUT2D eigenvalue weighted by Gasteiger charge is -2.30. The van der Waals surface area contributed by atoms with E-state index in [1.54, 1.807) is 0 Å². The quantitative estimate of drug-likeness (QED) is 0.816. The molecule has 0 spiro atoms. The molecule has 0 amide bonds. The van der Waals surface area contributed by atoms with E-state index < -0.39 is 0 Å². The zero-order chi connectivity index (χ0) is 12.9. The van der Waals surface area contributed by atoms with E-state index in [1.165, 1.54) is 0 Å². The predicted octanol–water partition coefficient (Wildman–Crippen LogP) is 3.31. The summed E-state index contributed by atoms with van der Waals surface area (Å²) in [4.78, 5) is 4.43. The number of aromatic nitrogens is 1. The van der Waals surface area contributed by atoms with Gasteiger partial charge in [-0.1, -0.05) is 13.8 Å². The molecule has 96 valence electrons. The highest BCUT2D eigenvalue weighted by atomic mass is 32.2. The summed E-state index contributed by atoms with van der Waals surface area (Å²) in [5, 5.41) is 3.42. The largest absolute Gasteiger partial charge is 0.397 e. The second kappa shape index (κ2) is 6.15. The van der Waals surface area contributed by atoms with Crippen molar-refractivity contribution in [3.05, 3.63) is 17.8 Å². The van der Waals surface area contributed by atoms with Gasteiger partial charge in [0, 0.05) is 11.3 Å². The number of aryl methyl sites for hydroxylation is 1. The molecule has 1 aromatic heterocycles. The topological polar surface area (TPSA) is 50.9 Å². The molecule has 1 heterocycles. The van der Waals surface area contributed by atoms with Crippen molar-refractivity contribution in [2.24, 2.45) is 0 Å². The predicted molar refractivity (Wildman–Crippen MR) is 78.7 cm³/mol. The normalized spacial score (nSPS) is 11.5. The number of nitrogen functional groups attached to an aromatic ring is 1. The number of nitrogens with two attached hydrogens (primary N) is 1. The molecule has 0 radical (unpaired) electrons. The average molecular weight is 253 g/mol.